The van der Waals surface area contributed by atoms with Gasteiger partial charge in [-0.05, 0) is 30.2 Å². The maximum Gasteiger partial charge on any atom is 0.416 e. The summed E-state index contributed by atoms with van der Waals surface area (Å²) in [5, 5.41) is 8.34. The van der Waals surface area contributed by atoms with Crippen molar-refractivity contribution < 1.29 is 13.2 Å². The molecule has 0 amide bonds. The van der Waals surface area contributed by atoms with Crippen molar-refractivity contribution >= 4 is 15.9 Å². The number of hydrogen-bond acceptors (Lipinski definition) is 1. The van der Waals surface area contributed by atoms with Crippen LogP contribution in [0.25, 0.3) is 0 Å². The van der Waals surface area contributed by atoms with Gasteiger partial charge in [-0.2, -0.15) is 18.4 Å². The number of rotatable bonds is 2. The van der Waals surface area contributed by atoms with Crippen LogP contribution in [0.4, 0.5) is 13.2 Å². The van der Waals surface area contributed by atoms with Crippen LogP contribution >= 0.6 is 15.9 Å². The van der Waals surface area contributed by atoms with Crippen molar-refractivity contribution in [2.75, 3.05) is 0 Å². The van der Waals surface area contributed by atoms with Crippen LogP contribution in [0.15, 0.2) is 22.7 Å². The van der Waals surface area contributed by atoms with Crippen LogP contribution in [0.5, 0.6) is 0 Å². The number of alkyl halides is 3. The number of aryl methyl sites for hydroxylation is 1. The SMILES string of the molecule is N#CCCc1cc(Br)cc(C(F)(F)F)c1. The largest absolute Gasteiger partial charge is 0.416 e. The zero-order valence-electron chi connectivity index (χ0n) is 7.61. The quantitative estimate of drug-likeness (QED) is 0.804. The lowest BCUT2D eigenvalue weighted by atomic mass is 10.1. The molecule has 1 aromatic rings. The molecule has 0 atom stereocenters. The summed E-state index contributed by atoms with van der Waals surface area (Å²) in [5.74, 6) is 0. The molecule has 1 nitrogen and oxygen atoms in total. The van der Waals surface area contributed by atoms with Crippen LogP contribution in [0.2, 0.25) is 0 Å². The lowest BCUT2D eigenvalue weighted by Gasteiger charge is -2.09. The first-order valence-electron chi connectivity index (χ1n) is 4.17. The van der Waals surface area contributed by atoms with Gasteiger partial charge in [-0.25, -0.2) is 0 Å². The molecular weight excluding hydrogens is 271 g/mol. The Bertz CT molecular complexity index is 393. The van der Waals surface area contributed by atoms with Gasteiger partial charge in [-0.15, -0.1) is 0 Å². The second kappa shape index (κ2) is 4.67. The van der Waals surface area contributed by atoms with Gasteiger partial charge in [0.2, 0.25) is 0 Å². The van der Waals surface area contributed by atoms with Crippen molar-refractivity contribution in [3.63, 3.8) is 0 Å². The summed E-state index contributed by atoms with van der Waals surface area (Å²) in [6, 6.07) is 5.58. The maximum atomic E-state index is 12.4. The lowest BCUT2D eigenvalue weighted by Crippen LogP contribution is -2.05. The van der Waals surface area contributed by atoms with Gasteiger partial charge in [-0.1, -0.05) is 15.9 Å². The van der Waals surface area contributed by atoms with Crippen molar-refractivity contribution in [1.29, 1.82) is 5.26 Å². The van der Waals surface area contributed by atoms with Crippen molar-refractivity contribution in [2.24, 2.45) is 0 Å². The van der Waals surface area contributed by atoms with Crippen LogP contribution < -0.4 is 0 Å². The number of benzene rings is 1. The van der Waals surface area contributed by atoms with E-state index < -0.39 is 11.7 Å². The minimum atomic E-state index is -4.34. The fourth-order valence-electron chi connectivity index (χ4n) is 1.16. The van der Waals surface area contributed by atoms with E-state index in [0.717, 1.165) is 12.1 Å². The highest BCUT2D eigenvalue weighted by Crippen LogP contribution is 2.32. The van der Waals surface area contributed by atoms with Gasteiger partial charge in [0.15, 0.2) is 0 Å². The Balaban J connectivity index is 3.01. The monoisotopic (exact) mass is 277 g/mol. The number of nitrogens with zero attached hydrogens (tertiary/aromatic N) is 1. The van der Waals surface area contributed by atoms with Crippen LogP contribution in [-0.4, -0.2) is 0 Å². The molecule has 0 aliphatic rings. The standard InChI is InChI=1S/C10H7BrF3N/c11-9-5-7(2-1-3-15)4-8(6-9)10(12,13)14/h4-6H,1-2H2. The van der Waals surface area contributed by atoms with Crippen molar-refractivity contribution in [3.05, 3.63) is 33.8 Å². The van der Waals surface area contributed by atoms with E-state index in [1.807, 2.05) is 6.07 Å². The Hall–Kier alpha value is -1.02. The Labute approximate surface area is 93.6 Å². The third-order valence-corrected chi connectivity index (χ3v) is 2.27. The molecule has 80 valence electrons. The molecule has 0 N–H and O–H groups in total. The summed E-state index contributed by atoms with van der Waals surface area (Å²) in [7, 11) is 0. The van der Waals surface area contributed by atoms with E-state index in [2.05, 4.69) is 15.9 Å². The molecule has 0 saturated carbocycles. The van der Waals surface area contributed by atoms with Crippen LogP contribution in [0.1, 0.15) is 17.5 Å². The van der Waals surface area contributed by atoms with E-state index in [9.17, 15) is 13.2 Å². The normalized spacial score (nSPS) is 11.1. The molecule has 0 aromatic heterocycles. The molecular formula is C10H7BrF3N. The van der Waals surface area contributed by atoms with Crippen molar-refractivity contribution in [1.82, 2.24) is 0 Å². The number of nitriles is 1. The van der Waals surface area contributed by atoms with Gasteiger partial charge in [-0.3, -0.25) is 0 Å². The first-order valence-corrected chi connectivity index (χ1v) is 4.96. The van der Waals surface area contributed by atoms with Crippen LogP contribution in [0, 0.1) is 11.3 Å². The first kappa shape index (κ1) is 12.1. The Morgan fingerprint density at radius 3 is 2.47 bits per heavy atom. The van der Waals surface area contributed by atoms with Gasteiger partial charge in [0.1, 0.15) is 0 Å². The van der Waals surface area contributed by atoms with Crippen molar-refractivity contribution in [2.45, 2.75) is 19.0 Å². The molecule has 1 aromatic carbocycles. The van der Waals surface area contributed by atoms with Crippen LogP contribution in [0.3, 0.4) is 0 Å². The average molecular weight is 278 g/mol. The average Bonchev–Trinajstić information content (AvgIpc) is 2.12. The number of halogens is 4. The molecule has 0 unspecified atom stereocenters. The Kier molecular flexibility index (Phi) is 3.75. The summed E-state index contributed by atoms with van der Waals surface area (Å²) in [5.41, 5.74) is -0.178. The summed E-state index contributed by atoms with van der Waals surface area (Å²) < 4.78 is 37.5. The second-order valence-corrected chi connectivity index (χ2v) is 3.92. The highest BCUT2D eigenvalue weighted by molar-refractivity contribution is 9.10. The van der Waals surface area contributed by atoms with Crippen molar-refractivity contribution in [3.8, 4) is 6.07 Å². The molecule has 0 fully saturated rings. The molecule has 15 heavy (non-hydrogen) atoms. The smallest absolute Gasteiger partial charge is 0.198 e. The highest BCUT2D eigenvalue weighted by atomic mass is 79.9. The van der Waals surface area contributed by atoms with Crippen LogP contribution in [-0.2, 0) is 12.6 Å². The van der Waals surface area contributed by atoms with E-state index in [4.69, 9.17) is 5.26 Å². The fraction of sp³-hybridized carbons (Fsp3) is 0.300. The number of hydrogen-bond donors (Lipinski definition) is 0. The van der Waals surface area contributed by atoms with E-state index in [1.54, 1.807) is 6.07 Å². The van der Waals surface area contributed by atoms with E-state index >= 15 is 0 Å². The summed E-state index contributed by atoms with van der Waals surface area (Å²) >= 11 is 3.01. The Morgan fingerprint density at radius 1 is 1.27 bits per heavy atom. The third kappa shape index (κ3) is 3.56. The third-order valence-electron chi connectivity index (χ3n) is 1.81. The maximum absolute atomic E-state index is 12.4. The second-order valence-electron chi connectivity index (χ2n) is 3.00. The molecule has 0 heterocycles. The van der Waals surface area contributed by atoms with E-state index in [0.29, 0.717) is 16.5 Å². The summed E-state index contributed by atoms with van der Waals surface area (Å²) in [4.78, 5) is 0. The minimum Gasteiger partial charge on any atom is -0.198 e. The Morgan fingerprint density at radius 2 is 1.93 bits per heavy atom. The zero-order chi connectivity index (χ0) is 11.5. The molecule has 0 aliphatic heterocycles. The van der Waals surface area contributed by atoms with E-state index in [1.165, 1.54) is 0 Å². The molecule has 0 saturated heterocycles. The van der Waals surface area contributed by atoms with Gasteiger partial charge in [0.05, 0.1) is 11.6 Å². The summed E-state index contributed by atoms with van der Waals surface area (Å²) in [6.45, 7) is 0. The highest BCUT2D eigenvalue weighted by Gasteiger charge is 2.30. The molecule has 5 heteroatoms. The topological polar surface area (TPSA) is 23.8 Å². The van der Waals surface area contributed by atoms with Gasteiger partial charge < -0.3 is 0 Å². The molecule has 0 bridgehead atoms. The predicted octanol–water partition coefficient (Wildman–Crippen LogP) is 3.92. The summed E-state index contributed by atoms with van der Waals surface area (Å²) in [6.07, 6.45) is -3.79. The molecule has 0 radical (unpaired) electrons. The molecule has 0 aliphatic carbocycles. The molecule has 0 spiro atoms. The lowest BCUT2D eigenvalue weighted by molar-refractivity contribution is -0.137. The van der Waals surface area contributed by atoms with Gasteiger partial charge in [0, 0.05) is 10.9 Å². The van der Waals surface area contributed by atoms with Gasteiger partial charge in [0.25, 0.3) is 0 Å². The van der Waals surface area contributed by atoms with E-state index in [-0.39, 0.29) is 6.42 Å². The zero-order valence-corrected chi connectivity index (χ0v) is 9.19. The first-order chi connectivity index (χ1) is 6.93. The van der Waals surface area contributed by atoms with Gasteiger partial charge >= 0.3 is 6.18 Å². The fourth-order valence-corrected chi connectivity index (χ4v) is 1.70. The minimum absolute atomic E-state index is 0.216. The molecule has 1 rings (SSSR count). The predicted molar refractivity (Wildman–Crippen MR) is 53.1 cm³/mol.